The molecule has 31 heavy (non-hydrogen) atoms. The van der Waals surface area contributed by atoms with E-state index in [2.05, 4.69) is 0 Å². The Morgan fingerprint density at radius 3 is 2.87 bits per heavy atom. The summed E-state index contributed by atoms with van der Waals surface area (Å²) in [5.74, 6) is -0.491. The Morgan fingerprint density at radius 2 is 2.10 bits per heavy atom. The number of aromatic nitrogens is 2. The van der Waals surface area contributed by atoms with Gasteiger partial charge in [-0.15, -0.1) is 11.6 Å². The van der Waals surface area contributed by atoms with Crippen LogP contribution in [0.4, 0.5) is 0 Å². The van der Waals surface area contributed by atoms with E-state index in [4.69, 9.17) is 25.7 Å². The highest BCUT2D eigenvalue weighted by molar-refractivity contribution is 6.19. The Bertz CT molecular complexity index is 1500. The van der Waals surface area contributed by atoms with E-state index >= 15 is 0 Å². The maximum absolute atomic E-state index is 13.3. The number of rotatable bonds is 2. The zero-order chi connectivity index (χ0) is 21.5. The van der Waals surface area contributed by atoms with Crippen LogP contribution >= 0.6 is 11.6 Å². The van der Waals surface area contributed by atoms with Crippen molar-refractivity contribution in [1.82, 2.24) is 9.55 Å². The lowest BCUT2D eigenvalue weighted by Gasteiger charge is -2.31. The van der Waals surface area contributed by atoms with Gasteiger partial charge in [-0.2, -0.15) is 0 Å². The second-order valence-electron chi connectivity index (χ2n) is 7.95. The van der Waals surface area contributed by atoms with Crippen LogP contribution in [0.1, 0.15) is 35.6 Å². The Labute approximate surface area is 180 Å². The molecule has 4 aromatic rings. The second kappa shape index (κ2) is 6.18. The number of carbonyl (C=O) groups is 1. The van der Waals surface area contributed by atoms with Crippen molar-refractivity contribution in [3.63, 3.8) is 0 Å². The maximum Gasteiger partial charge on any atom is 0.343 e. The molecule has 3 aromatic heterocycles. The fraction of sp³-hybridized carbons (Fsp3) is 0.261. The first-order chi connectivity index (χ1) is 15.0. The zero-order valence-electron chi connectivity index (χ0n) is 16.6. The first kappa shape index (κ1) is 18.6. The molecule has 0 fully saturated rings. The summed E-state index contributed by atoms with van der Waals surface area (Å²) >= 11 is 6.40. The third kappa shape index (κ3) is 2.25. The summed E-state index contributed by atoms with van der Waals surface area (Å²) < 4.78 is 12.3. The molecule has 1 atom stereocenters. The number of ether oxygens (including phenoxy) is 1. The van der Waals surface area contributed by atoms with Gasteiger partial charge in [-0.05, 0) is 36.2 Å². The predicted octanol–water partition coefficient (Wildman–Crippen LogP) is 3.56. The number of carbonyl (C=O) groups excluding carboxylic acids is 1. The normalized spacial score (nSPS) is 19.4. The molecule has 0 aliphatic carbocycles. The number of pyridine rings is 2. The monoisotopic (exact) mass is 436 g/mol. The van der Waals surface area contributed by atoms with Crippen LogP contribution < -0.4 is 5.56 Å². The number of hydrogen-bond donors (Lipinski definition) is 1. The molecule has 2 aliphatic rings. The van der Waals surface area contributed by atoms with Gasteiger partial charge < -0.3 is 18.8 Å². The number of benzene rings is 1. The van der Waals surface area contributed by atoms with Gasteiger partial charge in [0.2, 0.25) is 0 Å². The van der Waals surface area contributed by atoms with Crippen LogP contribution in [-0.4, -0.2) is 20.6 Å². The summed E-state index contributed by atoms with van der Waals surface area (Å²) in [6, 6.07) is 7.32. The van der Waals surface area contributed by atoms with Crippen molar-refractivity contribution >= 4 is 39.4 Å². The zero-order valence-corrected chi connectivity index (χ0v) is 17.3. The summed E-state index contributed by atoms with van der Waals surface area (Å²) in [6.45, 7) is 1.84. The fourth-order valence-corrected chi connectivity index (χ4v) is 5.16. The van der Waals surface area contributed by atoms with Gasteiger partial charge in [0.25, 0.3) is 5.56 Å². The van der Waals surface area contributed by atoms with Gasteiger partial charge in [0.1, 0.15) is 12.2 Å². The van der Waals surface area contributed by atoms with Crippen LogP contribution in [0, 0.1) is 0 Å². The number of fused-ring (bicyclic) bond motifs is 7. The molecular formula is C23H17ClN2O5. The SMILES string of the molecule is CC[C@@]1(O)C(=O)OCc2c1cc1n(c2=O)Cc2c-1nc1ccc3occc3c1c2CCl. The minimum absolute atomic E-state index is 0.102. The molecule has 0 saturated heterocycles. The second-order valence-corrected chi connectivity index (χ2v) is 8.21. The first-order valence-corrected chi connectivity index (χ1v) is 10.6. The summed E-state index contributed by atoms with van der Waals surface area (Å²) in [6.07, 6.45) is 1.73. The average Bonchev–Trinajstić information content (AvgIpc) is 3.40. The lowest BCUT2D eigenvalue weighted by molar-refractivity contribution is -0.172. The number of cyclic esters (lactones) is 1. The molecule has 0 amide bonds. The highest BCUT2D eigenvalue weighted by atomic mass is 35.5. The molecule has 0 bridgehead atoms. The predicted molar refractivity (Wildman–Crippen MR) is 114 cm³/mol. The number of aliphatic hydroxyl groups is 1. The van der Waals surface area contributed by atoms with Crippen LogP contribution in [-0.2, 0) is 34.2 Å². The van der Waals surface area contributed by atoms with E-state index in [9.17, 15) is 14.7 Å². The molecule has 0 saturated carbocycles. The van der Waals surface area contributed by atoms with Gasteiger partial charge in [0.15, 0.2) is 5.60 Å². The van der Waals surface area contributed by atoms with Crippen molar-refractivity contribution < 1.29 is 19.1 Å². The van der Waals surface area contributed by atoms with Gasteiger partial charge in [0.05, 0.1) is 35.3 Å². The summed E-state index contributed by atoms with van der Waals surface area (Å²) in [5, 5.41) is 12.8. The van der Waals surface area contributed by atoms with Crippen molar-refractivity contribution in [2.24, 2.45) is 0 Å². The maximum atomic E-state index is 13.3. The summed E-state index contributed by atoms with van der Waals surface area (Å²) in [4.78, 5) is 30.5. The Balaban J connectivity index is 1.69. The number of alkyl halides is 1. The Kier molecular flexibility index (Phi) is 3.71. The number of nitrogens with zero attached hydrogens (tertiary/aromatic N) is 2. The van der Waals surface area contributed by atoms with E-state index < -0.39 is 11.6 Å². The van der Waals surface area contributed by atoms with Crippen molar-refractivity contribution in [3.8, 4) is 11.4 Å². The highest BCUT2D eigenvalue weighted by Gasteiger charge is 2.45. The standard InChI is InChI=1S/C23H17ClN2O5/c1-2-23(29)15-7-17-20-13(9-26(17)21(27)14(15)10-31-22(23)28)12(8-24)19-11-5-6-30-18(11)4-3-16(19)25-20/h3-7,29H,2,8-10H2,1H3/t23-/m0/s1. The van der Waals surface area contributed by atoms with Crippen molar-refractivity contribution in [2.45, 2.75) is 38.0 Å². The van der Waals surface area contributed by atoms with Crippen LogP contribution in [0.3, 0.4) is 0 Å². The molecule has 1 N–H and O–H groups in total. The molecule has 6 rings (SSSR count). The van der Waals surface area contributed by atoms with E-state index in [1.54, 1.807) is 23.8 Å². The van der Waals surface area contributed by atoms with Crippen molar-refractivity contribution in [1.29, 1.82) is 0 Å². The van der Waals surface area contributed by atoms with Crippen molar-refractivity contribution in [2.75, 3.05) is 0 Å². The summed E-state index contributed by atoms with van der Waals surface area (Å²) in [5.41, 5.74) is 2.92. The molecule has 5 heterocycles. The fourth-order valence-electron chi connectivity index (χ4n) is 4.87. The quantitative estimate of drug-likeness (QED) is 0.336. The largest absolute Gasteiger partial charge is 0.464 e. The molecule has 1 aromatic carbocycles. The molecule has 156 valence electrons. The van der Waals surface area contributed by atoms with Crippen molar-refractivity contribution in [3.05, 3.63) is 63.1 Å². The third-order valence-corrected chi connectivity index (χ3v) is 6.80. The van der Waals surface area contributed by atoms with Crippen LogP contribution in [0.5, 0.6) is 0 Å². The number of hydrogen-bond acceptors (Lipinski definition) is 6. The smallest absolute Gasteiger partial charge is 0.343 e. The van der Waals surface area contributed by atoms with Gasteiger partial charge in [-0.3, -0.25) is 4.79 Å². The van der Waals surface area contributed by atoms with E-state index in [0.717, 1.165) is 33.0 Å². The lowest BCUT2D eigenvalue weighted by atomic mass is 9.86. The van der Waals surface area contributed by atoms with Gasteiger partial charge in [-0.25, -0.2) is 9.78 Å². The average molecular weight is 437 g/mol. The highest BCUT2D eigenvalue weighted by Crippen LogP contribution is 2.41. The Hall–Kier alpha value is -3.16. The lowest BCUT2D eigenvalue weighted by Crippen LogP contribution is -2.44. The van der Waals surface area contributed by atoms with E-state index in [0.29, 0.717) is 29.1 Å². The van der Waals surface area contributed by atoms with Gasteiger partial charge in [-0.1, -0.05) is 6.92 Å². The Morgan fingerprint density at radius 1 is 1.26 bits per heavy atom. The molecule has 8 heteroatoms. The third-order valence-electron chi connectivity index (χ3n) is 6.53. The van der Waals surface area contributed by atoms with Crippen LogP contribution in [0.25, 0.3) is 33.3 Å². The van der Waals surface area contributed by atoms with E-state index in [1.807, 2.05) is 18.2 Å². The molecular weight excluding hydrogens is 420 g/mol. The molecule has 2 aliphatic heterocycles. The number of furan rings is 1. The molecule has 7 nitrogen and oxygen atoms in total. The molecule has 0 spiro atoms. The topological polar surface area (TPSA) is 94.6 Å². The molecule has 0 radical (unpaired) electrons. The number of esters is 1. The van der Waals surface area contributed by atoms with E-state index in [-0.39, 0.29) is 24.5 Å². The minimum atomic E-state index is -1.85. The first-order valence-electron chi connectivity index (χ1n) is 10.0. The van der Waals surface area contributed by atoms with E-state index in [1.165, 1.54) is 0 Å². The number of halogens is 1. The van der Waals surface area contributed by atoms with Crippen LogP contribution in [0.15, 0.2) is 39.7 Å². The summed E-state index contributed by atoms with van der Waals surface area (Å²) in [7, 11) is 0. The molecule has 0 unspecified atom stereocenters. The van der Waals surface area contributed by atoms with Gasteiger partial charge >= 0.3 is 5.97 Å². The minimum Gasteiger partial charge on any atom is -0.464 e. The van der Waals surface area contributed by atoms with Crippen LogP contribution in [0.2, 0.25) is 0 Å². The van der Waals surface area contributed by atoms with Gasteiger partial charge in [0, 0.05) is 27.8 Å².